The van der Waals surface area contributed by atoms with Gasteiger partial charge < -0.3 is 24.3 Å². The Labute approximate surface area is 218 Å². The summed E-state index contributed by atoms with van der Waals surface area (Å²) >= 11 is 0. The molecule has 0 aromatic rings. The molecule has 6 heteroatoms. The maximum absolute atomic E-state index is 12.9. The van der Waals surface area contributed by atoms with Crippen molar-refractivity contribution in [3.63, 3.8) is 0 Å². The van der Waals surface area contributed by atoms with E-state index in [1.807, 2.05) is 27.7 Å². The maximum atomic E-state index is 12.9. The largest absolute Gasteiger partial charge is 0.375 e. The zero-order chi connectivity index (χ0) is 26.1. The lowest BCUT2D eigenvalue weighted by Gasteiger charge is -2.38. The van der Waals surface area contributed by atoms with E-state index in [1.165, 1.54) is 65.2 Å². The van der Waals surface area contributed by atoms with Crippen LogP contribution in [0.15, 0.2) is 0 Å². The minimum Gasteiger partial charge on any atom is -0.375 e. The fourth-order valence-corrected chi connectivity index (χ4v) is 5.53. The Kier molecular flexibility index (Phi) is 18.5. The van der Waals surface area contributed by atoms with E-state index >= 15 is 0 Å². The zero-order valence-electron chi connectivity index (χ0n) is 24.6. The van der Waals surface area contributed by atoms with Gasteiger partial charge in [0.2, 0.25) is 0 Å². The molecule has 3 heterocycles. The first-order chi connectivity index (χ1) is 17.0. The van der Waals surface area contributed by atoms with Gasteiger partial charge in [0.1, 0.15) is 6.17 Å². The highest BCUT2D eigenvalue weighted by Crippen LogP contribution is 2.26. The lowest BCUT2D eigenvalue weighted by molar-refractivity contribution is -0.0603. The molecule has 1 unspecified atom stereocenters. The van der Waals surface area contributed by atoms with E-state index in [1.54, 1.807) is 0 Å². The van der Waals surface area contributed by atoms with E-state index in [2.05, 4.69) is 40.6 Å². The highest BCUT2D eigenvalue weighted by atomic mass is 19.1. The summed E-state index contributed by atoms with van der Waals surface area (Å²) in [5.41, 5.74) is 0. The van der Waals surface area contributed by atoms with Crippen molar-refractivity contribution < 1.29 is 9.13 Å². The van der Waals surface area contributed by atoms with Gasteiger partial charge in [0, 0.05) is 52.4 Å². The van der Waals surface area contributed by atoms with Crippen LogP contribution in [0.2, 0.25) is 0 Å². The molecule has 4 fully saturated rings. The van der Waals surface area contributed by atoms with E-state index in [9.17, 15) is 4.39 Å². The zero-order valence-corrected chi connectivity index (χ0v) is 24.6. The molecule has 4 rings (SSSR count). The van der Waals surface area contributed by atoms with Crippen LogP contribution in [0.25, 0.3) is 0 Å². The lowest BCUT2D eigenvalue weighted by Crippen LogP contribution is -2.48. The molecular formula is C29H61FN4O. The Morgan fingerprint density at radius 2 is 1.20 bits per heavy atom. The average molecular weight is 501 g/mol. The van der Waals surface area contributed by atoms with Crippen molar-refractivity contribution in [1.29, 1.82) is 0 Å². The molecule has 3 saturated heterocycles. The second-order valence-electron chi connectivity index (χ2n) is 10.5. The summed E-state index contributed by atoms with van der Waals surface area (Å²) in [7, 11) is 4.39. The number of piperazine rings is 1. The van der Waals surface area contributed by atoms with Crippen molar-refractivity contribution in [2.75, 3.05) is 79.5 Å². The monoisotopic (exact) mass is 500 g/mol. The van der Waals surface area contributed by atoms with Crippen molar-refractivity contribution >= 4 is 0 Å². The third kappa shape index (κ3) is 13.7. The lowest BCUT2D eigenvalue weighted by atomic mass is 9.95. The minimum atomic E-state index is -0.567. The number of ether oxygens (including phenoxy) is 1. The summed E-state index contributed by atoms with van der Waals surface area (Å²) < 4.78 is 19.0. The number of halogens is 1. The quantitative estimate of drug-likeness (QED) is 0.503. The van der Waals surface area contributed by atoms with Crippen LogP contribution >= 0.6 is 0 Å². The van der Waals surface area contributed by atoms with Gasteiger partial charge in [0.05, 0.1) is 12.2 Å². The molecular weight excluding hydrogens is 439 g/mol. The number of nitrogens with zero attached hydrogens (tertiary/aromatic N) is 4. The van der Waals surface area contributed by atoms with E-state index in [0.717, 1.165) is 44.7 Å². The fourth-order valence-electron chi connectivity index (χ4n) is 5.53. The Morgan fingerprint density at radius 1 is 0.657 bits per heavy atom. The summed E-state index contributed by atoms with van der Waals surface area (Å²) in [5, 5.41) is 0. The van der Waals surface area contributed by atoms with Crippen LogP contribution < -0.4 is 0 Å². The highest BCUT2D eigenvalue weighted by Gasteiger charge is 2.26. The molecule has 1 saturated carbocycles. The number of alkyl halides is 1. The molecule has 1 atom stereocenters. The number of hydrogen-bond donors (Lipinski definition) is 0. The molecule has 0 aromatic heterocycles. The van der Waals surface area contributed by atoms with Gasteiger partial charge in [-0.2, -0.15) is 0 Å². The normalized spacial score (nSPS) is 29.7. The number of likely N-dealkylation sites (tertiary alicyclic amines) is 2. The van der Waals surface area contributed by atoms with Gasteiger partial charge in [-0.3, -0.25) is 0 Å². The van der Waals surface area contributed by atoms with Crippen LogP contribution in [-0.2, 0) is 4.74 Å². The maximum Gasteiger partial charge on any atom is 0.100 e. The number of hydrogen-bond acceptors (Lipinski definition) is 5. The molecule has 0 spiro atoms. The second-order valence-corrected chi connectivity index (χ2v) is 10.5. The molecule has 0 amide bonds. The van der Waals surface area contributed by atoms with Gasteiger partial charge in [-0.25, -0.2) is 4.39 Å². The van der Waals surface area contributed by atoms with Crippen LogP contribution in [0.4, 0.5) is 4.39 Å². The van der Waals surface area contributed by atoms with E-state index in [0.29, 0.717) is 25.0 Å². The molecule has 0 radical (unpaired) electrons. The van der Waals surface area contributed by atoms with Crippen molar-refractivity contribution in [2.45, 2.75) is 104 Å². The molecule has 1 aliphatic carbocycles. The standard InChI is InChI=1S/C13H27N3.C12H22FNO.2C2H6/c1-3-15-6-4-5-13(11-15)12-16-9-7-14(2)8-10-16;1-14-8-6-12(7-9-14)15-11-4-2-10(13)3-5-11;2*1-2/h13H,3-12H2,1-2H3;10-12H,2-9H2,1H3;2*1-2H3. The first-order valence-electron chi connectivity index (χ1n) is 15.1. The van der Waals surface area contributed by atoms with Gasteiger partial charge in [-0.15, -0.1) is 0 Å². The second kappa shape index (κ2) is 19.8. The smallest absolute Gasteiger partial charge is 0.100 e. The van der Waals surface area contributed by atoms with Gasteiger partial charge in [0.25, 0.3) is 0 Å². The first kappa shape index (κ1) is 32.8. The molecule has 3 aliphatic heterocycles. The Hall–Kier alpha value is -0.270. The fraction of sp³-hybridized carbons (Fsp3) is 1.00. The first-order valence-corrected chi connectivity index (χ1v) is 15.1. The minimum absolute atomic E-state index is 0.338. The van der Waals surface area contributed by atoms with Gasteiger partial charge in [-0.05, 0) is 84.5 Å². The van der Waals surface area contributed by atoms with Crippen molar-refractivity contribution in [2.24, 2.45) is 5.92 Å². The van der Waals surface area contributed by atoms with Gasteiger partial charge in [0.15, 0.2) is 0 Å². The van der Waals surface area contributed by atoms with Crippen molar-refractivity contribution in [3.05, 3.63) is 0 Å². The molecule has 4 aliphatic rings. The Morgan fingerprint density at radius 3 is 1.77 bits per heavy atom. The number of rotatable bonds is 5. The molecule has 0 N–H and O–H groups in total. The van der Waals surface area contributed by atoms with E-state index < -0.39 is 6.17 Å². The van der Waals surface area contributed by atoms with Crippen LogP contribution in [0.3, 0.4) is 0 Å². The Balaban J connectivity index is 0.000000307. The number of piperidine rings is 2. The third-order valence-electron chi connectivity index (χ3n) is 7.82. The average Bonchev–Trinajstić information content (AvgIpc) is 2.91. The third-order valence-corrected chi connectivity index (χ3v) is 7.82. The molecule has 0 aromatic carbocycles. The SMILES string of the molecule is CC.CC.CCN1CCCC(CN2CCN(C)CC2)C1.CN1CCC(OC2CCC(F)CC2)CC1. The summed E-state index contributed by atoms with van der Waals surface area (Å²) in [4.78, 5) is 10.1. The van der Waals surface area contributed by atoms with Crippen LogP contribution in [0, 0.1) is 5.92 Å². The summed E-state index contributed by atoms with van der Waals surface area (Å²) in [5.74, 6) is 0.928. The molecule has 35 heavy (non-hydrogen) atoms. The van der Waals surface area contributed by atoms with Crippen LogP contribution in [-0.4, -0.2) is 118 Å². The van der Waals surface area contributed by atoms with Crippen molar-refractivity contribution in [1.82, 2.24) is 19.6 Å². The van der Waals surface area contributed by atoms with Crippen molar-refractivity contribution in [3.8, 4) is 0 Å². The van der Waals surface area contributed by atoms with E-state index in [-0.39, 0.29) is 0 Å². The summed E-state index contributed by atoms with van der Waals surface area (Å²) in [6.07, 6.45) is 8.61. The molecule has 5 nitrogen and oxygen atoms in total. The molecule has 0 bridgehead atoms. The van der Waals surface area contributed by atoms with Crippen LogP contribution in [0.1, 0.15) is 86.0 Å². The van der Waals surface area contributed by atoms with E-state index in [4.69, 9.17) is 4.74 Å². The van der Waals surface area contributed by atoms with Gasteiger partial charge >= 0.3 is 0 Å². The topological polar surface area (TPSA) is 22.2 Å². The van der Waals surface area contributed by atoms with Gasteiger partial charge in [-0.1, -0.05) is 34.6 Å². The molecule has 210 valence electrons. The predicted molar refractivity (Wildman–Crippen MR) is 150 cm³/mol. The number of likely N-dealkylation sites (N-methyl/N-ethyl adjacent to an activating group) is 1. The highest BCUT2D eigenvalue weighted by molar-refractivity contribution is 4.78. The summed E-state index contributed by atoms with van der Waals surface area (Å²) in [6, 6.07) is 0. The summed E-state index contributed by atoms with van der Waals surface area (Å²) in [6.45, 7) is 22.9. The van der Waals surface area contributed by atoms with Crippen LogP contribution in [0.5, 0.6) is 0 Å². The Bertz CT molecular complexity index is 453. The predicted octanol–water partition coefficient (Wildman–Crippen LogP) is 5.40.